The van der Waals surface area contributed by atoms with Crippen LogP contribution < -0.4 is 48.1 Å². The molecule has 0 N–H and O–H groups in total. The van der Waals surface area contributed by atoms with Gasteiger partial charge in [0.15, 0.2) is 0 Å². The zero-order valence-electron chi connectivity index (χ0n) is 22.7. The summed E-state index contributed by atoms with van der Waals surface area (Å²) in [6.07, 6.45) is 2.21. The molecule has 4 aromatic rings. The standard InChI is InChI=1S/C30H38Si.2Li/c1-9-21-17-23-13-11-15-25(19(3)4)27(23)29(21)31(7,8)30-22(10-2)18-24-14-12-16-26(20(5)6)28(24)30;;/h11-20H,9-10H2,1-8H3;;/q-2;2*+1. The minimum absolute atomic E-state index is 0. The molecule has 0 aliphatic heterocycles. The summed E-state index contributed by atoms with van der Waals surface area (Å²) in [4.78, 5) is 0. The van der Waals surface area contributed by atoms with E-state index < -0.39 is 8.07 Å². The third kappa shape index (κ3) is 4.66. The van der Waals surface area contributed by atoms with Crippen LogP contribution in [0.4, 0.5) is 0 Å². The maximum absolute atomic E-state index is 2.61. The van der Waals surface area contributed by atoms with Gasteiger partial charge < -0.3 is 0 Å². The summed E-state index contributed by atoms with van der Waals surface area (Å²) >= 11 is 0. The number of fused-ring (bicyclic) bond motifs is 2. The normalized spacial score (nSPS) is 11.9. The Bertz CT molecular complexity index is 1140. The molecular weight excluding hydrogens is 402 g/mol. The van der Waals surface area contributed by atoms with Gasteiger partial charge in [0.25, 0.3) is 0 Å². The molecule has 0 saturated heterocycles. The van der Waals surface area contributed by atoms with Crippen molar-refractivity contribution in [2.45, 2.75) is 79.3 Å². The van der Waals surface area contributed by atoms with Crippen LogP contribution in [0.5, 0.6) is 0 Å². The predicted molar refractivity (Wildman–Crippen MR) is 143 cm³/mol. The molecule has 0 saturated carbocycles. The van der Waals surface area contributed by atoms with Gasteiger partial charge in [0.2, 0.25) is 0 Å². The fourth-order valence-corrected chi connectivity index (χ4v) is 10.1. The first-order valence-corrected chi connectivity index (χ1v) is 15.2. The molecule has 33 heavy (non-hydrogen) atoms. The van der Waals surface area contributed by atoms with Gasteiger partial charge in [0.1, 0.15) is 0 Å². The molecule has 164 valence electrons. The fraction of sp³-hybridized carbons (Fsp3) is 0.400. The summed E-state index contributed by atoms with van der Waals surface area (Å²) < 4.78 is 0. The third-order valence-electron chi connectivity index (χ3n) is 7.32. The molecule has 0 unspecified atom stereocenters. The van der Waals surface area contributed by atoms with Crippen LogP contribution in [-0.2, 0) is 12.8 Å². The van der Waals surface area contributed by atoms with Crippen LogP contribution in [0.25, 0.3) is 21.5 Å². The summed E-state index contributed by atoms with van der Waals surface area (Å²) in [6.45, 7) is 19.3. The van der Waals surface area contributed by atoms with Gasteiger partial charge in [0.05, 0.1) is 0 Å². The zero-order valence-corrected chi connectivity index (χ0v) is 23.7. The summed E-state index contributed by atoms with van der Waals surface area (Å²) in [5.41, 5.74) is 6.17. The van der Waals surface area contributed by atoms with Gasteiger partial charge in [-0.05, 0) is 24.7 Å². The number of hydrogen-bond acceptors (Lipinski definition) is 0. The van der Waals surface area contributed by atoms with Gasteiger partial charge in [-0.2, -0.15) is 10.4 Å². The topological polar surface area (TPSA) is 0 Å². The molecule has 4 aromatic carbocycles. The summed E-state index contributed by atoms with van der Waals surface area (Å²) in [5.74, 6) is 1.07. The van der Waals surface area contributed by atoms with Crippen LogP contribution in [-0.4, -0.2) is 8.07 Å². The van der Waals surface area contributed by atoms with E-state index in [2.05, 4.69) is 103 Å². The van der Waals surface area contributed by atoms with Crippen LogP contribution in [0, 0.1) is 0 Å². The largest absolute Gasteiger partial charge is 1.00 e. The van der Waals surface area contributed by atoms with Crippen molar-refractivity contribution in [1.29, 1.82) is 0 Å². The van der Waals surface area contributed by atoms with E-state index in [1.54, 1.807) is 32.3 Å². The van der Waals surface area contributed by atoms with Crippen LogP contribution in [0.2, 0.25) is 13.1 Å². The first-order chi connectivity index (χ1) is 14.7. The second-order valence-electron chi connectivity index (χ2n) is 10.4. The first kappa shape index (κ1) is 28.3. The third-order valence-corrected chi connectivity index (χ3v) is 11.0. The van der Waals surface area contributed by atoms with Crippen molar-refractivity contribution in [3.05, 3.63) is 70.8 Å². The van der Waals surface area contributed by atoms with E-state index in [-0.39, 0.29) is 37.7 Å². The maximum Gasteiger partial charge on any atom is 1.00 e. The van der Waals surface area contributed by atoms with Crippen molar-refractivity contribution in [2.75, 3.05) is 0 Å². The summed E-state index contributed by atoms with van der Waals surface area (Å²) in [7, 11) is -1.97. The Morgan fingerprint density at radius 1 is 0.667 bits per heavy atom. The molecule has 0 bridgehead atoms. The van der Waals surface area contributed by atoms with Crippen LogP contribution >= 0.6 is 0 Å². The molecule has 0 aromatic heterocycles. The Morgan fingerprint density at radius 2 is 1.03 bits per heavy atom. The number of hydrogen-bond donors (Lipinski definition) is 0. The monoisotopic (exact) mass is 440 g/mol. The van der Waals surface area contributed by atoms with E-state index in [1.807, 2.05) is 0 Å². The summed E-state index contributed by atoms with van der Waals surface area (Å²) in [5, 5.41) is 9.38. The molecule has 4 rings (SSSR count). The van der Waals surface area contributed by atoms with Gasteiger partial charge in [-0.25, -0.2) is 0 Å². The van der Waals surface area contributed by atoms with E-state index in [9.17, 15) is 0 Å². The fourth-order valence-electron chi connectivity index (χ4n) is 5.91. The smallest absolute Gasteiger partial charge is 0.158 e. The second kappa shape index (κ2) is 10.8. The van der Waals surface area contributed by atoms with Crippen LogP contribution in [0.3, 0.4) is 0 Å². The van der Waals surface area contributed by atoms with Crippen molar-refractivity contribution in [3.8, 4) is 0 Å². The second-order valence-corrected chi connectivity index (χ2v) is 14.6. The Kier molecular flexibility index (Phi) is 9.24. The van der Waals surface area contributed by atoms with Gasteiger partial charge in [-0.15, -0.1) is 69.1 Å². The Labute approximate surface area is 226 Å². The van der Waals surface area contributed by atoms with Crippen LogP contribution in [0.15, 0.2) is 48.5 Å². The maximum atomic E-state index is 2.61. The summed E-state index contributed by atoms with van der Waals surface area (Å²) in [6, 6.07) is 18.9. The van der Waals surface area contributed by atoms with Crippen molar-refractivity contribution in [2.24, 2.45) is 0 Å². The molecule has 0 aliphatic carbocycles. The minimum atomic E-state index is -1.97. The average Bonchev–Trinajstić information content (AvgIpc) is 3.31. The molecule has 0 spiro atoms. The van der Waals surface area contributed by atoms with Crippen molar-refractivity contribution in [1.82, 2.24) is 0 Å². The molecule has 0 atom stereocenters. The van der Waals surface area contributed by atoms with E-state index >= 15 is 0 Å². The zero-order chi connectivity index (χ0) is 22.5. The Balaban J connectivity index is 0.00000193. The van der Waals surface area contributed by atoms with E-state index in [1.165, 1.54) is 21.9 Å². The van der Waals surface area contributed by atoms with E-state index in [0.717, 1.165) is 12.8 Å². The van der Waals surface area contributed by atoms with Crippen molar-refractivity contribution >= 4 is 40.0 Å². The minimum Gasteiger partial charge on any atom is -0.158 e. The van der Waals surface area contributed by atoms with Crippen LogP contribution in [0.1, 0.15) is 75.6 Å². The average molecular weight is 441 g/mol. The van der Waals surface area contributed by atoms with Gasteiger partial charge in [-0.1, -0.05) is 77.9 Å². The van der Waals surface area contributed by atoms with E-state index in [4.69, 9.17) is 0 Å². The Hall–Kier alpha value is -0.928. The van der Waals surface area contributed by atoms with Crippen molar-refractivity contribution in [3.63, 3.8) is 0 Å². The number of rotatable bonds is 6. The quantitative estimate of drug-likeness (QED) is 0.316. The first-order valence-electron chi connectivity index (χ1n) is 12.2. The molecule has 0 amide bonds. The molecule has 0 aliphatic rings. The molecule has 0 radical (unpaired) electrons. The van der Waals surface area contributed by atoms with Gasteiger partial charge in [-0.3, -0.25) is 0 Å². The van der Waals surface area contributed by atoms with E-state index in [0.29, 0.717) is 11.8 Å². The molecule has 0 heterocycles. The van der Waals surface area contributed by atoms with Gasteiger partial charge >= 0.3 is 37.7 Å². The molecule has 0 nitrogen and oxygen atoms in total. The number of benzene rings is 2. The molecular formula is C30H38Li2Si. The molecule has 3 heteroatoms. The Morgan fingerprint density at radius 3 is 1.33 bits per heavy atom. The molecule has 0 fully saturated rings. The van der Waals surface area contributed by atoms with Gasteiger partial charge in [0, 0.05) is 8.07 Å². The SMILES string of the molecule is CCc1[cH-]c2cccc(C(C)C)c2c1[Si](C)(C)c1c(CC)[cH-]c2cccc(C(C)C)c12.[Li+].[Li+]. The number of aryl methyl sites for hydroxylation is 2. The van der Waals surface area contributed by atoms with Crippen molar-refractivity contribution < 1.29 is 37.7 Å². The predicted octanol–water partition coefficient (Wildman–Crippen LogP) is 1.63.